The molecule has 0 N–H and O–H groups in total. The molecule has 1 heterocycles. The van der Waals surface area contributed by atoms with Crippen LogP contribution in [0.3, 0.4) is 0 Å². The van der Waals surface area contributed by atoms with Crippen molar-refractivity contribution >= 4 is 5.97 Å². The molecule has 1 unspecified atom stereocenters. The van der Waals surface area contributed by atoms with E-state index in [-0.39, 0.29) is 5.82 Å². The van der Waals surface area contributed by atoms with Gasteiger partial charge in [-0.05, 0) is 49.9 Å². The highest BCUT2D eigenvalue weighted by molar-refractivity contribution is 5.87. The van der Waals surface area contributed by atoms with Crippen LogP contribution in [0.4, 0.5) is 4.39 Å². The molecule has 114 valence electrons. The maximum absolute atomic E-state index is 13.8. The summed E-state index contributed by atoms with van der Waals surface area (Å²) in [7, 11) is 0. The Morgan fingerprint density at radius 1 is 1.41 bits per heavy atom. The molecular formula is C18H17FO3. The zero-order chi connectivity index (χ0) is 15.7. The Bertz CT molecular complexity index is 718. The van der Waals surface area contributed by atoms with Gasteiger partial charge >= 0.3 is 5.97 Å². The average Bonchev–Trinajstić information content (AvgIpc) is 3.02. The van der Waals surface area contributed by atoms with E-state index in [2.05, 4.69) is 6.58 Å². The van der Waals surface area contributed by atoms with Crippen molar-refractivity contribution in [2.45, 2.75) is 31.8 Å². The Hall–Kier alpha value is -2.36. The van der Waals surface area contributed by atoms with Crippen LogP contribution in [0.2, 0.25) is 0 Å². The molecule has 0 spiro atoms. The molecule has 1 aromatic heterocycles. The Morgan fingerprint density at radius 2 is 2.23 bits per heavy atom. The normalized spacial score (nSPS) is 20.3. The average molecular weight is 300 g/mol. The van der Waals surface area contributed by atoms with Crippen LogP contribution in [0, 0.1) is 5.82 Å². The minimum Gasteiger partial charge on any atom is -0.472 e. The first kappa shape index (κ1) is 14.6. The molecule has 0 aliphatic heterocycles. The van der Waals surface area contributed by atoms with Gasteiger partial charge in [-0.2, -0.15) is 0 Å². The molecule has 0 saturated heterocycles. The van der Waals surface area contributed by atoms with E-state index in [0.29, 0.717) is 23.1 Å². The number of fused-ring (bicyclic) bond motifs is 1. The van der Waals surface area contributed by atoms with Gasteiger partial charge in [-0.3, -0.25) is 0 Å². The lowest BCUT2D eigenvalue weighted by atomic mass is 9.75. The number of halogens is 1. The molecule has 4 heteroatoms. The van der Waals surface area contributed by atoms with Crippen LogP contribution < -0.4 is 0 Å². The lowest BCUT2D eigenvalue weighted by molar-refractivity contribution is -0.153. The van der Waals surface area contributed by atoms with E-state index in [1.54, 1.807) is 25.3 Å². The fourth-order valence-electron chi connectivity index (χ4n) is 3.01. The van der Waals surface area contributed by atoms with E-state index >= 15 is 0 Å². The minimum absolute atomic E-state index is 0.311. The maximum Gasteiger partial charge on any atom is 0.334 e. The van der Waals surface area contributed by atoms with E-state index in [9.17, 15) is 9.18 Å². The Morgan fingerprint density at radius 3 is 2.91 bits per heavy atom. The number of aryl methyl sites for hydroxylation is 1. The van der Waals surface area contributed by atoms with E-state index in [1.165, 1.54) is 18.4 Å². The predicted molar refractivity (Wildman–Crippen MR) is 79.7 cm³/mol. The quantitative estimate of drug-likeness (QED) is 0.632. The number of hydrogen-bond donors (Lipinski definition) is 0. The van der Waals surface area contributed by atoms with Crippen molar-refractivity contribution in [3.05, 3.63) is 71.5 Å². The van der Waals surface area contributed by atoms with Gasteiger partial charge in [0, 0.05) is 16.7 Å². The topological polar surface area (TPSA) is 39.4 Å². The van der Waals surface area contributed by atoms with Crippen LogP contribution >= 0.6 is 0 Å². The summed E-state index contributed by atoms with van der Waals surface area (Å²) in [5, 5.41) is 0. The Labute approximate surface area is 128 Å². The van der Waals surface area contributed by atoms with Crippen molar-refractivity contribution in [2.75, 3.05) is 0 Å². The Kier molecular flexibility index (Phi) is 3.61. The zero-order valence-corrected chi connectivity index (χ0v) is 12.4. The van der Waals surface area contributed by atoms with Crippen LogP contribution in [0.5, 0.6) is 0 Å². The van der Waals surface area contributed by atoms with Crippen molar-refractivity contribution in [3.63, 3.8) is 0 Å². The Balaban J connectivity index is 2.18. The van der Waals surface area contributed by atoms with Gasteiger partial charge in [0.2, 0.25) is 0 Å². The summed E-state index contributed by atoms with van der Waals surface area (Å²) in [6.45, 7) is 5.23. The largest absolute Gasteiger partial charge is 0.472 e. The summed E-state index contributed by atoms with van der Waals surface area (Å²) in [6.07, 6.45) is 5.33. The molecule has 1 aromatic carbocycles. The third kappa shape index (κ3) is 2.34. The second-order valence-corrected chi connectivity index (χ2v) is 5.66. The fraction of sp³-hybridized carbons (Fsp3) is 0.278. The number of benzene rings is 1. The van der Waals surface area contributed by atoms with Crippen LogP contribution in [0.15, 0.2) is 53.4 Å². The van der Waals surface area contributed by atoms with Gasteiger partial charge in [0.05, 0.1) is 12.5 Å². The summed E-state index contributed by atoms with van der Waals surface area (Å²) in [5.74, 6) is -0.835. The van der Waals surface area contributed by atoms with E-state index in [4.69, 9.17) is 9.15 Å². The summed E-state index contributed by atoms with van der Waals surface area (Å²) in [5.41, 5.74) is 1.69. The maximum atomic E-state index is 13.8. The molecule has 1 aliphatic carbocycles. The molecule has 2 aromatic rings. The van der Waals surface area contributed by atoms with Crippen LogP contribution in [0.1, 0.15) is 36.5 Å². The van der Waals surface area contributed by atoms with Crippen molar-refractivity contribution in [3.8, 4) is 0 Å². The molecule has 1 aliphatic rings. The molecule has 0 bridgehead atoms. The second kappa shape index (κ2) is 5.44. The van der Waals surface area contributed by atoms with Gasteiger partial charge < -0.3 is 9.15 Å². The number of furan rings is 1. The summed E-state index contributed by atoms with van der Waals surface area (Å²) < 4.78 is 24.8. The van der Waals surface area contributed by atoms with Crippen molar-refractivity contribution in [1.82, 2.24) is 0 Å². The van der Waals surface area contributed by atoms with Crippen molar-refractivity contribution < 1.29 is 18.3 Å². The molecule has 3 rings (SSSR count). The highest BCUT2D eigenvalue weighted by Gasteiger charge is 2.43. The number of rotatable bonds is 3. The lowest BCUT2D eigenvalue weighted by Crippen LogP contribution is -2.37. The summed E-state index contributed by atoms with van der Waals surface area (Å²) >= 11 is 0. The molecule has 1 atom stereocenters. The fourth-order valence-corrected chi connectivity index (χ4v) is 3.01. The number of ether oxygens (including phenoxy) is 1. The monoisotopic (exact) mass is 300 g/mol. The molecule has 3 nitrogen and oxygen atoms in total. The highest BCUT2D eigenvalue weighted by Crippen LogP contribution is 2.44. The first-order chi connectivity index (χ1) is 10.5. The van der Waals surface area contributed by atoms with Gasteiger partial charge in [-0.25, -0.2) is 9.18 Å². The van der Waals surface area contributed by atoms with E-state index < -0.39 is 11.6 Å². The van der Waals surface area contributed by atoms with Crippen LogP contribution in [0.25, 0.3) is 0 Å². The molecule has 0 radical (unpaired) electrons. The van der Waals surface area contributed by atoms with Gasteiger partial charge in [-0.15, -0.1) is 0 Å². The van der Waals surface area contributed by atoms with E-state index in [0.717, 1.165) is 18.4 Å². The van der Waals surface area contributed by atoms with Gasteiger partial charge in [0.15, 0.2) is 5.60 Å². The number of carbonyl (C=O) groups is 1. The van der Waals surface area contributed by atoms with Crippen LogP contribution in [-0.2, 0) is 21.6 Å². The number of carbonyl (C=O) groups excluding carboxylic acids is 1. The summed E-state index contributed by atoms with van der Waals surface area (Å²) in [6, 6.07) is 6.40. The first-order valence-corrected chi connectivity index (χ1v) is 7.23. The third-order valence-corrected chi connectivity index (χ3v) is 4.08. The highest BCUT2D eigenvalue weighted by atomic mass is 19.1. The molecular weight excluding hydrogens is 283 g/mol. The smallest absolute Gasteiger partial charge is 0.334 e. The van der Waals surface area contributed by atoms with Gasteiger partial charge in [-0.1, -0.05) is 12.6 Å². The standard InChI is InChI=1S/C18H17FO3/c1-12(2)17(20)22-18(14-7-9-21-11-14)8-3-4-13-5-6-15(19)10-16(13)18/h5-7,9-11H,1,3-4,8H2,2H3. The number of hydrogen-bond acceptors (Lipinski definition) is 3. The van der Waals surface area contributed by atoms with Gasteiger partial charge in [0.1, 0.15) is 5.82 Å². The van der Waals surface area contributed by atoms with Crippen molar-refractivity contribution in [2.24, 2.45) is 0 Å². The minimum atomic E-state index is -1.02. The number of esters is 1. The third-order valence-electron chi connectivity index (χ3n) is 4.08. The molecule has 22 heavy (non-hydrogen) atoms. The van der Waals surface area contributed by atoms with Crippen LogP contribution in [-0.4, -0.2) is 5.97 Å². The summed E-state index contributed by atoms with van der Waals surface area (Å²) in [4.78, 5) is 12.2. The second-order valence-electron chi connectivity index (χ2n) is 5.66. The molecule has 0 amide bonds. The lowest BCUT2D eigenvalue weighted by Gasteiger charge is -2.38. The van der Waals surface area contributed by atoms with Gasteiger partial charge in [0.25, 0.3) is 0 Å². The SMILES string of the molecule is C=C(C)C(=O)OC1(c2ccoc2)CCCc2ccc(F)cc21. The molecule has 0 fully saturated rings. The predicted octanol–water partition coefficient (Wildman–Crippen LogP) is 4.12. The molecule has 0 saturated carbocycles. The zero-order valence-electron chi connectivity index (χ0n) is 12.4. The first-order valence-electron chi connectivity index (χ1n) is 7.23. The van der Waals surface area contributed by atoms with Crippen molar-refractivity contribution in [1.29, 1.82) is 0 Å². The van der Waals surface area contributed by atoms with E-state index in [1.807, 2.05) is 0 Å².